The largest absolute Gasteiger partial charge is 0.493 e. The number of halogens is 2. The zero-order chi connectivity index (χ0) is 25.1. The molecule has 4 rings (SSSR count). The molecule has 0 saturated heterocycles. The zero-order valence-electron chi connectivity index (χ0n) is 20.2. The number of nitrogens with one attached hydrogen (secondary N) is 1. The summed E-state index contributed by atoms with van der Waals surface area (Å²) in [5.74, 6) is 0.986. The number of aromatic nitrogens is 2. The summed E-state index contributed by atoms with van der Waals surface area (Å²) in [7, 11) is 6.94. The SMILES string of the molecule is COc1cc2ncnc(Nc3cccc(Cl)c3F)c2cc1O[C@H]1CC[C@@H](N(C)C(=O)N(C)C)CC1. The van der Waals surface area contributed by atoms with Crippen molar-refractivity contribution in [2.24, 2.45) is 0 Å². The van der Waals surface area contributed by atoms with Gasteiger partial charge in [0.2, 0.25) is 0 Å². The van der Waals surface area contributed by atoms with Crippen LogP contribution in [-0.4, -0.2) is 66.2 Å². The first-order chi connectivity index (χ1) is 16.8. The van der Waals surface area contributed by atoms with Crippen LogP contribution in [0.15, 0.2) is 36.7 Å². The summed E-state index contributed by atoms with van der Waals surface area (Å²) in [6, 6.07) is 8.51. The number of carbonyl (C=O) groups excluding carboxylic acids is 1. The number of methoxy groups -OCH3 is 1. The van der Waals surface area contributed by atoms with Crippen molar-refractivity contribution in [3.63, 3.8) is 0 Å². The Hall–Kier alpha value is -3.33. The third-order valence-corrected chi connectivity index (χ3v) is 6.59. The molecule has 35 heavy (non-hydrogen) atoms. The number of hydrogen-bond donors (Lipinski definition) is 1. The smallest absolute Gasteiger partial charge is 0.319 e. The molecule has 8 nitrogen and oxygen atoms in total. The first-order valence-corrected chi connectivity index (χ1v) is 11.8. The van der Waals surface area contributed by atoms with Crippen LogP contribution in [0.25, 0.3) is 10.9 Å². The highest BCUT2D eigenvalue weighted by atomic mass is 35.5. The molecule has 1 heterocycles. The minimum atomic E-state index is -0.555. The van der Waals surface area contributed by atoms with E-state index in [2.05, 4.69) is 15.3 Å². The quantitative estimate of drug-likeness (QED) is 0.482. The van der Waals surface area contributed by atoms with E-state index in [1.54, 1.807) is 49.2 Å². The second-order valence-corrected chi connectivity index (χ2v) is 9.21. The lowest BCUT2D eigenvalue weighted by atomic mass is 9.92. The Labute approximate surface area is 209 Å². The standard InChI is InChI=1S/C25H29ClFN5O3/c1-31(2)25(33)32(3)15-8-10-16(11-9-15)35-22-12-17-20(13-21(22)34-4)28-14-29-24(17)30-19-7-5-6-18(26)23(19)27/h5-7,12-16H,8-11H2,1-4H3,(H,28,29,30)/t15-,16+. The molecule has 0 unspecified atom stereocenters. The van der Waals surface area contributed by atoms with Crippen molar-refractivity contribution >= 4 is 40.0 Å². The molecule has 3 aromatic rings. The predicted molar refractivity (Wildman–Crippen MR) is 134 cm³/mol. The zero-order valence-corrected chi connectivity index (χ0v) is 21.0. The lowest BCUT2D eigenvalue weighted by Crippen LogP contribution is -2.45. The number of carbonyl (C=O) groups is 1. The molecule has 0 atom stereocenters. The fraction of sp³-hybridized carbons (Fsp3) is 0.400. The molecule has 1 N–H and O–H groups in total. The van der Waals surface area contributed by atoms with Gasteiger partial charge < -0.3 is 24.6 Å². The molecule has 10 heteroatoms. The summed E-state index contributed by atoms with van der Waals surface area (Å²) in [5.41, 5.74) is 0.840. The van der Waals surface area contributed by atoms with Crippen molar-refractivity contribution in [1.82, 2.24) is 19.8 Å². The Morgan fingerprint density at radius 2 is 1.86 bits per heavy atom. The highest BCUT2D eigenvalue weighted by Gasteiger charge is 2.29. The maximum Gasteiger partial charge on any atom is 0.319 e. The van der Waals surface area contributed by atoms with Crippen LogP contribution in [0.3, 0.4) is 0 Å². The molecule has 1 aliphatic rings. The molecule has 0 bridgehead atoms. The number of urea groups is 1. The van der Waals surface area contributed by atoms with Crippen LogP contribution in [-0.2, 0) is 0 Å². The van der Waals surface area contributed by atoms with Crippen molar-refractivity contribution in [1.29, 1.82) is 0 Å². The van der Waals surface area contributed by atoms with Gasteiger partial charge in [-0.1, -0.05) is 17.7 Å². The maximum absolute atomic E-state index is 14.5. The van der Waals surface area contributed by atoms with Gasteiger partial charge in [0.25, 0.3) is 0 Å². The molecule has 186 valence electrons. The van der Waals surface area contributed by atoms with Crippen LogP contribution in [0.4, 0.5) is 20.7 Å². The Bertz CT molecular complexity index is 1220. The molecule has 1 aromatic heterocycles. The Balaban J connectivity index is 1.55. The van der Waals surface area contributed by atoms with Gasteiger partial charge in [0.1, 0.15) is 12.1 Å². The van der Waals surface area contributed by atoms with Gasteiger partial charge in [0.05, 0.1) is 29.4 Å². The summed E-state index contributed by atoms with van der Waals surface area (Å²) in [6.45, 7) is 0. The normalized spacial score (nSPS) is 17.7. The average molecular weight is 502 g/mol. The van der Waals surface area contributed by atoms with E-state index in [4.69, 9.17) is 21.1 Å². The molecule has 2 aromatic carbocycles. The fourth-order valence-corrected chi connectivity index (χ4v) is 4.52. The van der Waals surface area contributed by atoms with Crippen LogP contribution in [0.5, 0.6) is 11.5 Å². The molecule has 0 aliphatic heterocycles. The number of nitrogens with zero attached hydrogens (tertiary/aromatic N) is 4. The van der Waals surface area contributed by atoms with Crippen molar-refractivity contribution in [3.05, 3.63) is 47.5 Å². The number of fused-ring (bicyclic) bond motifs is 1. The Kier molecular flexibility index (Phi) is 7.45. The van der Waals surface area contributed by atoms with E-state index in [0.29, 0.717) is 28.2 Å². The monoisotopic (exact) mass is 501 g/mol. The number of anilines is 2. The first-order valence-electron chi connectivity index (χ1n) is 11.4. The van der Waals surface area contributed by atoms with Crippen LogP contribution in [0, 0.1) is 5.82 Å². The maximum atomic E-state index is 14.5. The highest BCUT2D eigenvalue weighted by Crippen LogP contribution is 2.37. The molecule has 1 aliphatic carbocycles. The van der Waals surface area contributed by atoms with Gasteiger partial charge in [-0.05, 0) is 43.9 Å². The summed E-state index contributed by atoms with van der Waals surface area (Å²) in [4.78, 5) is 24.3. The lowest BCUT2D eigenvalue weighted by Gasteiger charge is -2.36. The van der Waals surface area contributed by atoms with E-state index in [-0.39, 0.29) is 28.9 Å². The van der Waals surface area contributed by atoms with Crippen LogP contribution < -0.4 is 14.8 Å². The number of benzene rings is 2. The van der Waals surface area contributed by atoms with Crippen molar-refractivity contribution < 1.29 is 18.7 Å². The second-order valence-electron chi connectivity index (χ2n) is 8.81. The minimum Gasteiger partial charge on any atom is -0.493 e. The molecular formula is C25H29ClFN5O3. The van der Waals surface area contributed by atoms with Crippen molar-refractivity contribution in [2.75, 3.05) is 33.6 Å². The highest BCUT2D eigenvalue weighted by molar-refractivity contribution is 6.31. The van der Waals surface area contributed by atoms with Gasteiger partial charge in [0, 0.05) is 38.6 Å². The third-order valence-electron chi connectivity index (χ3n) is 6.29. The van der Waals surface area contributed by atoms with Gasteiger partial charge in [-0.2, -0.15) is 0 Å². The summed E-state index contributed by atoms with van der Waals surface area (Å²) in [6.07, 6.45) is 4.69. The van der Waals surface area contributed by atoms with E-state index < -0.39 is 5.82 Å². The van der Waals surface area contributed by atoms with Crippen molar-refractivity contribution in [2.45, 2.75) is 37.8 Å². The van der Waals surface area contributed by atoms with Gasteiger partial charge in [-0.3, -0.25) is 0 Å². The first kappa shape index (κ1) is 24.8. The number of hydrogen-bond acceptors (Lipinski definition) is 6. The number of rotatable bonds is 6. The molecule has 0 radical (unpaired) electrons. The Morgan fingerprint density at radius 3 is 2.54 bits per heavy atom. The van der Waals surface area contributed by atoms with Gasteiger partial charge in [0.15, 0.2) is 17.3 Å². The molecule has 1 fully saturated rings. The summed E-state index contributed by atoms with van der Waals surface area (Å²) < 4.78 is 26.4. The topological polar surface area (TPSA) is 79.8 Å². The van der Waals surface area contributed by atoms with Gasteiger partial charge in [-0.25, -0.2) is 19.2 Å². The van der Waals surface area contributed by atoms with E-state index in [1.807, 2.05) is 13.1 Å². The van der Waals surface area contributed by atoms with Crippen LogP contribution in [0.2, 0.25) is 5.02 Å². The molecular weight excluding hydrogens is 473 g/mol. The van der Waals surface area contributed by atoms with Crippen LogP contribution >= 0.6 is 11.6 Å². The van der Waals surface area contributed by atoms with Gasteiger partial charge >= 0.3 is 6.03 Å². The van der Waals surface area contributed by atoms with Gasteiger partial charge in [-0.15, -0.1) is 0 Å². The average Bonchev–Trinajstić information content (AvgIpc) is 2.86. The lowest BCUT2D eigenvalue weighted by molar-refractivity contribution is 0.0991. The number of ether oxygens (including phenoxy) is 2. The molecule has 0 spiro atoms. The van der Waals surface area contributed by atoms with Crippen molar-refractivity contribution in [3.8, 4) is 11.5 Å². The minimum absolute atomic E-state index is 0.00161. The van der Waals surface area contributed by atoms with E-state index >= 15 is 0 Å². The summed E-state index contributed by atoms with van der Waals surface area (Å²) >= 11 is 5.93. The predicted octanol–water partition coefficient (Wildman–Crippen LogP) is 5.48. The molecule has 1 saturated carbocycles. The van der Waals surface area contributed by atoms with Crippen LogP contribution in [0.1, 0.15) is 25.7 Å². The second kappa shape index (κ2) is 10.5. The van der Waals surface area contributed by atoms with E-state index in [0.717, 1.165) is 25.7 Å². The summed E-state index contributed by atoms with van der Waals surface area (Å²) in [5, 5.41) is 3.69. The van der Waals surface area contributed by atoms with E-state index in [1.165, 1.54) is 12.4 Å². The Morgan fingerprint density at radius 1 is 1.11 bits per heavy atom. The van der Waals surface area contributed by atoms with E-state index in [9.17, 15) is 9.18 Å². The molecule has 2 amide bonds. The number of amides is 2. The fourth-order valence-electron chi connectivity index (χ4n) is 4.34. The third kappa shape index (κ3) is 5.35.